The van der Waals surface area contributed by atoms with E-state index in [9.17, 15) is 4.79 Å². The van der Waals surface area contributed by atoms with Gasteiger partial charge in [-0.05, 0) is 28.1 Å². The molecule has 5 N–H and O–H groups in total. The SMILES string of the molecule is N#C/C(C(N)=O)=C(\N)Nc1ccccc1Br. The molecule has 16 heavy (non-hydrogen) atoms. The summed E-state index contributed by atoms with van der Waals surface area (Å²) in [5, 5.41) is 11.4. The summed E-state index contributed by atoms with van der Waals surface area (Å²) >= 11 is 3.29. The van der Waals surface area contributed by atoms with E-state index in [1.54, 1.807) is 24.3 Å². The maximum atomic E-state index is 10.9. The topological polar surface area (TPSA) is 105 Å². The first kappa shape index (κ1) is 12.1. The van der Waals surface area contributed by atoms with E-state index in [0.29, 0.717) is 5.69 Å². The van der Waals surface area contributed by atoms with Gasteiger partial charge in [-0.25, -0.2) is 0 Å². The fourth-order valence-corrected chi connectivity index (χ4v) is 1.40. The molecule has 0 fully saturated rings. The summed E-state index contributed by atoms with van der Waals surface area (Å²) in [6.07, 6.45) is 0. The Hall–Kier alpha value is -2.00. The van der Waals surface area contributed by atoms with Crippen molar-refractivity contribution in [3.8, 4) is 6.07 Å². The molecular weight excluding hydrogens is 272 g/mol. The van der Waals surface area contributed by atoms with E-state index in [0.717, 1.165) is 4.47 Å². The van der Waals surface area contributed by atoms with Crippen molar-refractivity contribution in [3.05, 3.63) is 40.1 Å². The molecule has 0 unspecified atom stereocenters. The normalized spacial score (nSPS) is 11.2. The first-order valence-corrected chi connectivity index (χ1v) is 5.06. The number of carbonyl (C=O) groups excluding carboxylic acids is 1. The van der Waals surface area contributed by atoms with Gasteiger partial charge in [-0.1, -0.05) is 12.1 Å². The van der Waals surface area contributed by atoms with Crippen LogP contribution in [0.3, 0.4) is 0 Å². The zero-order valence-electron chi connectivity index (χ0n) is 8.20. The van der Waals surface area contributed by atoms with Gasteiger partial charge in [0.2, 0.25) is 0 Å². The lowest BCUT2D eigenvalue weighted by molar-refractivity contribution is -0.114. The minimum absolute atomic E-state index is 0.0677. The van der Waals surface area contributed by atoms with Gasteiger partial charge in [0.25, 0.3) is 5.91 Å². The standard InChI is InChI=1S/C10H9BrN4O/c11-7-3-1-2-4-8(7)15-9(13)6(5-12)10(14)16/h1-4,15H,13H2,(H2,14,16)/b9-6-. The highest BCUT2D eigenvalue weighted by Crippen LogP contribution is 2.22. The van der Waals surface area contributed by atoms with Crippen molar-refractivity contribution < 1.29 is 4.79 Å². The Morgan fingerprint density at radius 1 is 1.38 bits per heavy atom. The Kier molecular flexibility index (Phi) is 3.91. The zero-order chi connectivity index (χ0) is 12.1. The number of carbonyl (C=O) groups is 1. The van der Waals surface area contributed by atoms with Crippen LogP contribution in [0.25, 0.3) is 0 Å². The van der Waals surface area contributed by atoms with E-state index >= 15 is 0 Å². The summed E-state index contributed by atoms with van der Waals surface area (Å²) in [5.41, 5.74) is 10.9. The third kappa shape index (κ3) is 2.74. The van der Waals surface area contributed by atoms with Crippen LogP contribution in [-0.2, 0) is 4.79 Å². The molecule has 0 heterocycles. The van der Waals surface area contributed by atoms with E-state index in [1.165, 1.54) is 0 Å². The van der Waals surface area contributed by atoms with Gasteiger partial charge in [0, 0.05) is 4.47 Å². The van der Waals surface area contributed by atoms with E-state index in [1.807, 2.05) is 6.07 Å². The number of rotatable bonds is 3. The number of para-hydroxylation sites is 1. The summed E-state index contributed by atoms with van der Waals surface area (Å²) < 4.78 is 0.764. The van der Waals surface area contributed by atoms with Gasteiger partial charge in [-0.3, -0.25) is 4.79 Å². The van der Waals surface area contributed by atoms with Crippen molar-refractivity contribution in [1.29, 1.82) is 5.26 Å². The maximum absolute atomic E-state index is 10.9. The fraction of sp³-hybridized carbons (Fsp3) is 0. The number of halogens is 1. The van der Waals surface area contributed by atoms with Crippen LogP contribution in [0.5, 0.6) is 0 Å². The van der Waals surface area contributed by atoms with E-state index in [2.05, 4.69) is 21.2 Å². The highest BCUT2D eigenvalue weighted by molar-refractivity contribution is 9.10. The molecule has 0 aliphatic carbocycles. The molecule has 0 saturated heterocycles. The van der Waals surface area contributed by atoms with Crippen molar-refractivity contribution in [2.45, 2.75) is 0 Å². The van der Waals surface area contributed by atoms with Crippen molar-refractivity contribution in [3.63, 3.8) is 0 Å². The number of hydrogen-bond acceptors (Lipinski definition) is 4. The van der Waals surface area contributed by atoms with Crippen molar-refractivity contribution in [2.24, 2.45) is 11.5 Å². The van der Waals surface area contributed by atoms with Crippen LogP contribution in [0.4, 0.5) is 5.69 Å². The summed E-state index contributed by atoms with van der Waals surface area (Å²) in [5.74, 6) is -0.929. The first-order valence-electron chi connectivity index (χ1n) is 4.27. The van der Waals surface area contributed by atoms with Crippen LogP contribution in [0, 0.1) is 11.3 Å². The number of nitrogens with two attached hydrogens (primary N) is 2. The second kappa shape index (κ2) is 5.19. The number of hydrogen-bond donors (Lipinski definition) is 3. The molecule has 0 aliphatic rings. The van der Waals surface area contributed by atoms with Gasteiger partial charge >= 0.3 is 0 Å². The first-order chi connectivity index (χ1) is 7.56. The van der Waals surface area contributed by atoms with Gasteiger partial charge < -0.3 is 16.8 Å². The monoisotopic (exact) mass is 280 g/mol. The minimum atomic E-state index is -0.862. The molecule has 0 aromatic heterocycles. The average molecular weight is 281 g/mol. The number of nitrogens with one attached hydrogen (secondary N) is 1. The lowest BCUT2D eigenvalue weighted by Crippen LogP contribution is -2.21. The number of primary amides is 1. The van der Waals surface area contributed by atoms with E-state index in [4.69, 9.17) is 16.7 Å². The summed E-state index contributed by atoms with van der Waals surface area (Å²) in [7, 11) is 0. The maximum Gasteiger partial charge on any atom is 0.263 e. The molecule has 1 aromatic rings. The quantitative estimate of drug-likeness (QED) is 0.568. The Morgan fingerprint density at radius 2 is 2.00 bits per heavy atom. The van der Waals surface area contributed by atoms with Gasteiger partial charge in [-0.15, -0.1) is 0 Å². The molecule has 6 heteroatoms. The average Bonchev–Trinajstić information content (AvgIpc) is 2.22. The highest BCUT2D eigenvalue weighted by Gasteiger charge is 2.10. The number of amides is 1. The molecule has 82 valence electrons. The zero-order valence-corrected chi connectivity index (χ0v) is 9.78. The van der Waals surface area contributed by atoms with Crippen molar-refractivity contribution >= 4 is 27.5 Å². The Bertz CT molecular complexity index is 490. The van der Waals surface area contributed by atoms with Crippen LogP contribution in [0.15, 0.2) is 40.1 Å². The van der Waals surface area contributed by atoms with Crippen molar-refractivity contribution in [2.75, 3.05) is 5.32 Å². The van der Waals surface area contributed by atoms with Gasteiger partial charge in [0.05, 0.1) is 5.69 Å². The van der Waals surface area contributed by atoms with E-state index < -0.39 is 5.91 Å². The lowest BCUT2D eigenvalue weighted by atomic mass is 10.2. The summed E-state index contributed by atoms with van der Waals surface area (Å²) in [6, 6.07) is 8.80. The Labute approximate surface area is 101 Å². The number of benzene rings is 1. The van der Waals surface area contributed by atoms with Crippen LogP contribution in [0.2, 0.25) is 0 Å². The lowest BCUT2D eigenvalue weighted by Gasteiger charge is -2.08. The highest BCUT2D eigenvalue weighted by atomic mass is 79.9. The van der Waals surface area contributed by atoms with Gasteiger partial charge in [0.15, 0.2) is 5.57 Å². The second-order valence-electron chi connectivity index (χ2n) is 2.87. The molecule has 0 radical (unpaired) electrons. The predicted octanol–water partition coefficient (Wildman–Crippen LogP) is 1.04. The minimum Gasteiger partial charge on any atom is -0.384 e. The molecule has 1 rings (SSSR count). The Morgan fingerprint density at radius 3 is 2.50 bits per heavy atom. The van der Waals surface area contributed by atoms with Crippen LogP contribution in [0.1, 0.15) is 0 Å². The largest absolute Gasteiger partial charge is 0.384 e. The summed E-state index contributed by atoms with van der Waals surface area (Å²) in [4.78, 5) is 10.9. The van der Waals surface area contributed by atoms with Crippen molar-refractivity contribution in [1.82, 2.24) is 0 Å². The van der Waals surface area contributed by atoms with Crippen LogP contribution < -0.4 is 16.8 Å². The molecule has 5 nitrogen and oxygen atoms in total. The second-order valence-corrected chi connectivity index (χ2v) is 3.72. The number of anilines is 1. The molecule has 0 bridgehead atoms. The number of nitrogens with zero attached hydrogens (tertiary/aromatic N) is 1. The van der Waals surface area contributed by atoms with Gasteiger partial charge in [-0.2, -0.15) is 5.26 Å². The molecule has 0 atom stereocenters. The molecule has 0 spiro atoms. The summed E-state index contributed by atoms with van der Waals surface area (Å²) in [6.45, 7) is 0. The third-order valence-electron chi connectivity index (χ3n) is 1.77. The smallest absolute Gasteiger partial charge is 0.263 e. The molecular formula is C10H9BrN4O. The van der Waals surface area contributed by atoms with Crippen LogP contribution in [-0.4, -0.2) is 5.91 Å². The predicted molar refractivity (Wildman–Crippen MR) is 63.8 cm³/mol. The molecule has 1 amide bonds. The molecule has 0 aliphatic heterocycles. The fourth-order valence-electron chi connectivity index (χ4n) is 1.02. The number of nitriles is 1. The van der Waals surface area contributed by atoms with Gasteiger partial charge in [0.1, 0.15) is 11.9 Å². The molecule has 1 aromatic carbocycles. The van der Waals surface area contributed by atoms with Crippen LogP contribution >= 0.6 is 15.9 Å². The third-order valence-corrected chi connectivity index (χ3v) is 2.46. The molecule has 0 saturated carbocycles. The Balaban J connectivity index is 3.03. The van der Waals surface area contributed by atoms with E-state index in [-0.39, 0.29) is 11.4 Å².